The molecule has 28 heavy (non-hydrogen) atoms. The molecule has 2 heterocycles. The van der Waals surface area contributed by atoms with Gasteiger partial charge >= 0.3 is 0 Å². The summed E-state index contributed by atoms with van der Waals surface area (Å²) in [6.07, 6.45) is 7.19. The maximum atomic E-state index is 13.0. The Labute approximate surface area is 168 Å². The number of likely N-dealkylation sites (tertiary alicyclic amines) is 1. The molecule has 0 N–H and O–H groups in total. The minimum Gasteiger partial charge on any atom is -0.378 e. The largest absolute Gasteiger partial charge is 0.378 e. The van der Waals surface area contributed by atoms with Gasteiger partial charge in [0.2, 0.25) is 0 Å². The summed E-state index contributed by atoms with van der Waals surface area (Å²) in [5.41, 5.74) is 1.87. The van der Waals surface area contributed by atoms with Crippen LogP contribution < -0.4 is 4.90 Å². The van der Waals surface area contributed by atoms with E-state index in [-0.39, 0.29) is 5.91 Å². The molecule has 1 saturated heterocycles. The van der Waals surface area contributed by atoms with Gasteiger partial charge in [0.15, 0.2) is 0 Å². The van der Waals surface area contributed by atoms with Crippen LogP contribution in [0.5, 0.6) is 0 Å². The Morgan fingerprint density at radius 1 is 1.18 bits per heavy atom. The molecule has 3 rings (SSSR count). The Hall–Kier alpha value is -2.34. The van der Waals surface area contributed by atoms with E-state index in [0.717, 1.165) is 62.5 Å². The maximum Gasteiger partial charge on any atom is 0.253 e. The molecule has 0 aliphatic carbocycles. The van der Waals surface area contributed by atoms with E-state index in [1.165, 1.54) is 0 Å². The van der Waals surface area contributed by atoms with Gasteiger partial charge in [0.25, 0.3) is 5.91 Å². The normalized spacial score (nSPS) is 17.2. The number of amides is 1. The van der Waals surface area contributed by atoms with Crippen LogP contribution in [0.25, 0.3) is 0 Å². The van der Waals surface area contributed by atoms with Crippen molar-refractivity contribution in [1.29, 1.82) is 0 Å². The molecule has 1 aromatic carbocycles. The van der Waals surface area contributed by atoms with Crippen LogP contribution in [0, 0.1) is 0 Å². The topological polar surface area (TPSA) is 44.6 Å². The van der Waals surface area contributed by atoms with Crippen molar-refractivity contribution in [3.8, 4) is 0 Å². The van der Waals surface area contributed by atoms with Crippen molar-refractivity contribution in [2.24, 2.45) is 0 Å². The Morgan fingerprint density at radius 2 is 1.93 bits per heavy atom. The van der Waals surface area contributed by atoms with E-state index in [2.05, 4.69) is 34.7 Å². The van der Waals surface area contributed by atoms with Crippen LogP contribution >= 0.6 is 0 Å². The van der Waals surface area contributed by atoms with Crippen molar-refractivity contribution in [3.63, 3.8) is 0 Å². The fourth-order valence-corrected chi connectivity index (χ4v) is 3.88. The molecule has 0 spiro atoms. The Morgan fingerprint density at radius 3 is 2.61 bits per heavy atom. The molecule has 0 unspecified atom stereocenters. The van der Waals surface area contributed by atoms with Crippen molar-refractivity contribution in [2.45, 2.75) is 31.7 Å². The number of aromatic nitrogens is 2. The first-order chi connectivity index (χ1) is 13.5. The lowest BCUT2D eigenvalue weighted by atomic mass is 9.96. The number of hydrogen-bond acceptors (Lipinski definition) is 4. The van der Waals surface area contributed by atoms with Crippen molar-refractivity contribution in [1.82, 2.24) is 19.4 Å². The number of benzene rings is 1. The molecule has 1 aliphatic rings. The summed E-state index contributed by atoms with van der Waals surface area (Å²) in [6.45, 7) is 3.62. The number of imidazole rings is 1. The number of carbonyl (C=O) groups is 1. The van der Waals surface area contributed by atoms with Gasteiger partial charge in [-0.05, 0) is 64.2 Å². The Bertz CT molecular complexity index is 765. The predicted molar refractivity (Wildman–Crippen MR) is 114 cm³/mol. The number of aryl methyl sites for hydroxylation is 1. The highest BCUT2D eigenvalue weighted by atomic mass is 16.2. The van der Waals surface area contributed by atoms with Gasteiger partial charge in [0.05, 0.1) is 0 Å². The van der Waals surface area contributed by atoms with Gasteiger partial charge in [0, 0.05) is 63.3 Å². The monoisotopic (exact) mass is 383 g/mol. The van der Waals surface area contributed by atoms with Crippen molar-refractivity contribution in [2.75, 3.05) is 52.7 Å². The SMILES string of the molecule is CN(C)CCCn1ccnc1[C@H]1CCCN(C(=O)c2ccc(N(C)C)cc2)C1. The second-order valence-electron chi connectivity index (χ2n) is 8.17. The standard InChI is InChI=1S/C22H33N5O/c1-24(2)13-6-15-26-16-12-23-21(26)19-7-5-14-27(17-19)22(28)18-8-10-20(11-9-18)25(3)4/h8-12,16,19H,5-7,13-15,17H2,1-4H3/t19-/m0/s1. The van der Waals surface area contributed by atoms with Crippen LogP contribution in [0.1, 0.15) is 41.4 Å². The maximum absolute atomic E-state index is 13.0. The number of rotatable bonds is 7. The second kappa shape index (κ2) is 9.24. The van der Waals surface area contributed by atoms with E-state index in [0.29, 0.717) is 5.92 Å². The van der Waals surface area contributed by atoms with Gasteiger partial charge in [-0.1, -0.05) is 0 Å². The van der Waals surface area contributed by atoms with Crippen molar-refractivity contribution < 1.29 is 4.79 Å². The van der Waals surface area contributed by atoms with Crippen LogP contribution in [0.15, 0.2) is 36.7 Å². The van der Waals surface area contributed by atoms with Gasteiger partial charge in [0.1, 0.15) is 5.82 Å². The predicted octanol–water partition coefficient (Wildman–Crippen LogP) is 2.92. The van der Waals surface area contributed by atoms with Crippen LogP contribution in [0.2, 0.25) is 0 Å². The molecule has 2 aromatic rings. The molecular formula is C22H33N5O. The highest BCUT2D eigenvalue weighted by molar-refractivity contribution is 5.94. The molecular weight excluding hydrogens is 350 g/mol. The lowest BCUT2D eigenvalue weighted by Crippen LogP contribution is -2.39. The van der Waals surface area contributed by atoms with E-state index >= 15 is 0 Å². The molecule has 6 heteroatoms. The lowest BCUT2D eigenvalue weighted by molar-refractivity contribution is 0.0703. The molecule has 6 nitrogen and oxygen atoms in total. The number of piperidine rings is 1. The average molecular weight is 384 g/mol. The quantitative estimate of drug-likeness (QED) is 0.737. The summed E-state index contributed by atoms with van der Waals surface area (Å²) >= 11 is 0. The molecule has 1 aromatic heterocycles. The Balaban J connectivity index is 1.65. The summed E-state index contributed by atoms with van der Waals surface area (Å²) in [5, 5.41) is 0. The third-order valence-corrected chi connectivity index (χ3v) is 5.46. The number of hydrogen-bond donors (Lipinski definition) is 0. The van der Waals surface area contributed by atoms with E-state index in [9.17, 15) is 4.79 Å². The van der Waals surface area contributed by atoms with Gasteiger partial charge in [-0.2, -0.15) is 0 Å². The molecule has 0 bridgehead atoms. The highest BCUT2D eigenvalue weighted by Crippen LogP contribution is 2.27. The average Bonchev–Trinajstić information content (AvgIpc) is 3.16. The minimum atomic E-state index is 0.126. The highest BCUT2D eigenvalue weighted by Gasteiger charge is 2.28. The van der Waals surface area contributed by atoms with Gasteiger partial charge in [-0.25, -0.2) is 4.98 Å². The minimum absolute atomic E-state index is 0.126. The zero-order chi connectivity index (χ0) is 20.1. The molecule has 1 fully saturated rings. The molecule has 152 valence electrons. The summed E-state index contributed by atoms with van der Waals surface area (Å²) in [4.78, 5) is 23.9. The first-order valence-corrected chi connectivity index (χ1v) is 10.2. The van der Waals surface area contributed by atoms with Crippen LogP contribution in [0.4, 0.5) is 5.69 Å². The van der Waals surface area contributed by atoms with Gasteiger partial charge in [-0.15, -0.1) is 0 Å². The third kappa shape index (κ3) is 4.93. The number of anilines is 1. The van der Waals surface area contributed by atoms with E-state index in [1.54, 1.807) is 0 Å². The fraction of sp³-hybridized carbons (Fsp3) is 0.545. The smallest absolute Gasteiger partial charge is 0.253 e. The van der Waals surface area contributed by atoms with Gasteiger partial charge < -0.3 is 19.3 Å². The summed E-state index contributed by atoms with van der Waals surface area (Å²) in [7, 11) is 8.22. The Kier molecular flexibility index (Phi) is 6.73. The van der Waals surface area contributed by atoms with Gasteiger partial charge in [-0.3, -0.25) is 4.79 Å². The first-order valence-electron chi connectivity index (χ1n) is 10.2. The summed E-state index contributed by atoms with van der Waals surface area (Å²) in [5.74, 6) is 1.56. The molecule has 1 aliphatic heterocycles. The van der Waals surface area contributed by atoms with E-state index in [4.69, 9.17) is 0 Å². The van der Waals surface area contributed by atoms with Crippen LogP contribution in [-0.2, 0) is 6.54 Å². The second-order valence-corrected chi connectivity index (χ2v) is 8.17. The van der Waals surface area contributed by atoms with E-state index < -0.39 is 0 Å². The lowest BCUT2D eigenvalue weighted by Gasteiger charge is -2.33. The number of nitrogens with zero attached hydrogens (tertiary/aromatic N) is 5. The zero-order valence-electron chi connectivity index (χ0n) is 17.6. The van der Waals surface area contributed by atoms with Crippen molar-refractivity contribution in [3.05, 3.63) is 48.0 Å². The van der Waals surface area contributed by atoms with Crippen molar-refractivity contribution >= 4 is 11.6 Å². The third-order valence-electron chi connectivity index (χ3n) is 5.46. The molecule has 1 atom stereocenters. The molecule has 0 saturated carbocycles. The zero-order valence-corrected chi connectivity index (χ0v) is 17.6. The molecule has 0 radical (unpaired) electrons. The molecule has 1 amide bonds. The fourth-order valence-electron chi connectivity index (χ4n) is 3.88. The summed E-state index contributed by atoms with van der Waals surface area (Å²) in [6, 6.07) is 7.88. The first kappa shape index (κ1) is 20.4. The summed E-state index contributed by atoms with van der Waals surface area (Å²) < 4.78 is 2.27. The van der Waals surface area contributed by atoms with Crippen LogP contribution in [-0.4, -0.2) is 73.1 Å². The van der Waals surface area contributed by atoms with Crippen LogP contribution in [0.3, 0.4) is 0 Å². The van der Waals surface area contributed by atoms with E-state index in [1.807, 2.05) is 54.4 Å². The number of carbonyl (C=O) groups excluding carboxylic acids is 1.